The Morgan fingerprint density at radius 3 is 2.71 bits per heavy atom. The van der Waals surface area contributed by atoms with Crippen LogP contribution in [0.1, 0.15) is 0 Å². The zero-order chi connectivity index (χ0) is 5.28. The molecule has 4 nitrogen and oxygen atoms in total. The van der Waals surface area contributed by atoms with Gasteiger partial charge in [0.2, 0.25) is 5.22 Å². The van der Waals surface area contributed by atoms with Crippen molar-refractivity contribution in [3.05, 3.63) is 0 Å². The molecule has 5 heteroatoms. The van der Waals surface area contributed by atoms with Gasteiger partial charge in [-0.2, -0.15) is 0 Å². The highest BCUT2D eigenvalue weighted by atomic mass is 32.1. The number of hydrogen-bond donors (Lipinski definition) is 1. The summed E-state index contributed by atoms with van der Waals surface area (Å²) in [6.45, 7) is 0. The summed E-state index contributed by atoms with van der Waals surface area (Å²) in [5.41, 5.74) is 0. The molecule has 37 valence electrons. The Bertz CT molecular complexity index is 128. The van der Waals surface area contributed by atoms with Gasteiger partial charge in [0.15, 0.2) is 5.22 Å². The van der Waals surface area contributed by atoms with Crippen molar-refractivity contribution < 1.29 is 0 Å². The molecule has 0 aromatic carbocycles. The topological polar surface area (TPSA) is 42.1 Å². The van der Waals surface area contributed by atoms with Gasteiger partial charge in [0.1, 0.15) is 5.10 Å². The van der Waals surface area contributed by atoms with Crippen molar-refractivity contribution in [3.8, 4) is 0 Å². The third kappa shape index (κ3) is 0.714. The van der Waals surface area contributed by atoms with E-state index in [1.54, 1.807) is 7.05 Å². The Hall–Kier alpha value is -0.580. The van der Waals surface area contributed by atoms with E-state index in [1.165, 1.54) is 5.01 Å². The van der Waals surface area contributed by atoms with E-state index >= 15 is 0 Å². The van der Waals surface area contributed by atoms with Gasteiger partial charge in [0.25, 0.3) is 0 Å². The van der Waals surface area contributed by atoms with Gasteiger partial charge in [-0.15, -0.1) is 5.01 Å². The van der Waals surface area contributed by atoms with Crippen LogP contribution in [-0.4, -0.2) is 17.2 Å². The lowest BCUT2D eigenvalue weighted by atomic mass is 11.1. The van der Waals surface area contributed by atoms with Crippen molar-refractivity contribution >= 4 is 17.8 Å². The van der Waals surface area contributed by atoms with Crippen molar-refractivity contribution in [2.75, 3.05) is 7.05 Å². The summed E-state index contributed by atoms with van der Waals surface area (Å²) in [5, 5.41) is 12.3. The molecular weight excluding hydrogens is 112 g/mol. The predicted octanol–water partition coefficient (Wildman–Crippen LogP) is -0.164. The maximum Gasteiger partial charge on any atom is 0.343 e. The second-order valence-electron chi connectivity index (χ2n) is 1.10. The maximum absolute atomic E-state index is 3.88. The molecule has 0 aliphatic carbocycles. The lowest BCUT2D eigenvalue weighted by Crippen LogP contribution is -2.18. The second-order valence-corrected chi connectivity index (χ2v) is 1.50. The van der Waals surface area contributed by atoms with Crippen molar-refractivity contribution in [1.29, 1.82) is 0 Å². The maximum atomic E-state index is 3.88. The molecule has 0 amide bonds. The highest BCUT2D eigenvalue weighted by molar-refractivity contribution is 7.96. The summed E-state index contributed by atoms with van der Waals surface area (Å²) in [4.78, 5) is 0. The fourth-order valence-corrected chi connectivity index (χ4v) is 0.305. The van der Waals surface area contributed by atoms with Gasteiger partial charge in [-0.25, -0.2) is 0 Å². The highest BCUT2D eigenvalue weighted by Gasteiger charge is 2.17. The summed E-state index contributed by atoms with van der Waals surface area (Å²) in [6.07, 6.45) is 0. The van der Waals surface area contributed by atoms with Gasteiger partial charge >= 0.3 is 5.17 Å². The first-order valence-electron chi connectivity index (χ1n) is 1.72. The average Bonchev–Trinajstić information content (AvgIpc) is 1.91. The van der Waals surface area contributed by atoms with Crippen LogP contribution in [0.15, 0.2) is 10.3 Å². The molecule has 1 aliphatic heterocycles. The molecule has 0 unspecified atom stereocenters. The highest BCUT2D eigenvalue weighted by Crippen LogP contribution is 1.94. The first-order valence-corrected chi connectivity index (χ1v) is 2.17. The van der Waals surface area contributed by atoms with Crippen LogP contribution in [-0.2, 0) is 0 Å². The van der Waals surface area contributed by atoms with Crippen LogP contribution in [0, 0.1) is 0 Å². The first-order chi connectivity index (χ1) is 3.30. The van der Waals surface area contributed by atoms with Crippen molar-refractivity contribution in [3.63, 3.8) is 0 Å². The zero-order valence-electron chi connectivity index (χ0n) is 3.74. The van der Waals surface area contributed by atoms with E-state index < -0.39 is 0 Å². The molecule has 0 N–H and O–H groups in total. The van der Waals surface area contributed by atoms with Gasteiger partial charge in [-0.1, -0.05) is 12.6 Å². The standard InChI is InChI=1S/C2H4N4S/c1-6-2(7)3-4-5-6/h1H3,(H,3,7)/q+1. The van der Waals surface area contributed by atoms with Crippen molar-refractivity contribution in [1.82, 2.24) is 10.2 Å². The SMILES string of the molecule is CN1[N+]=NN=C1S. The summed E-state index contributed by atoms with van der Waals surface area (Å²) in [7, 11) is 1.72. The molecule has 0 atom stereocenters. The normalized spacial score (nSPS) is 18.0. The number of rotatable bonds is 0. The third-order valence-corrected chi connectivity index (χ3v) is 0.977. The Labute approximate surface area is 46.3 Å². The molecule has 1 rings (SSSR count). The van der Waals surface area contributed by atoms with Crippen molar-refractivity contribution in [2.24, 2.45) is 10.3 Å². The largest absolute Gasteiger partial charge is 0.343 e. The molecule has 0 saturated heterocycles. The molecule has 0 bridgehead atoms. The van der Waals surface area contributed by atoms with Crippen LogP contribution < -0.4 is 5.22 Å². The molecule has 7 heavy (non-hydrogen) atoms. The molecule has 0 saturated carbocycles. The lowest BCUT2D eigenvalue weighted by Gasteiger charge is -1.85. The minimum absolute atomic E-state index is 0.528. The van der Waals surface area contributed by atoms with E-state index in [0.717, 1.165) is 0 Å². The summed E-state index contributed by atoms with van der Waals surface area (Å²) in [5.74, 6) is 0. The molecule has 0 spiro atoms. The molecular formula is C2H4N4S+. The van der Waals surface area contributed by atoms with Crippen LogP contribution in [0.3, 0.4) is 0 Å². The average molecular weight is 116 g/mol. The molecule has 1 radical (unpaired) electrons. The second kappa shape index (κ2) is 1.49. The molecule has 1 heterocycles. The monoisotopic (exact) mass is 116 g/mol. The quantitative estimate of drug-likeness (QED) is 0.439. The van der Waals surface area contributed by atoms with Crippen LogP contribution in [0.5, 0.6) is 0 Å². The van der Waals surface area contributed by atoms with Gasteiger partial charge in [-0.05, 0) is 0 Å². The van der Waals surface area contributed by atoms with E-state index in [2.05, 4.69) is 28.2 Å². The fourth-order valence-electron chi connectivity index (χ4n) is 0.225. The Balaban J connectivity index is 2.69. The van der Waals surface area contributed by atoms with Crippen LogP contribution in [0.4, 0.5) is 0 Å². The molecule has 0 fully saturated rings. The van der Waals surface area contributed by atoms with Crippen molar-refractivity contribution in [2.45, 2.75) is 0 Å². The van der Waals surface area contributed by atoms with Gasteiger partial charge in [0.05, 0.1) is 7.05 Å². The van der Waals surface area contributed by atoms with E-state index in [0.29, 0.717) is 5.17 Å². The number of nitrogens with zero attached hydrogens (tertiary/aromatic N) is 4. The number of thiol groups is 1. The lowest BCUT2D eigenvalue weighted by molar-refractivity contribution is 0.463. The smallest absolute Gasteiger partial charge is 0.103 e. The first kappa shape index (κ1) is 4.58. The predicted molar refractivity (Wildman–Crippen MR) is 28.7 cm³/mol. The summed E-state index contributed by atoms with van der Waals surface area (Å²) >= 11 is 3.88. The van der Waals surface area contributed by atoms with Crippen LogP contribution in [0.2, 0.25) is 0 Å². The molecule has 1 aliphatic rings. The summed E-state index contributed by atoms with van der Waals surface area (Å²) < 4.78 is 0. The van der Waals surface area contributed by atoms with Crippen LogP contribution >= 0.6 is 12.6 Å². The van der Waals surface area contributed by atoms with E-state index in [4.69, 9.17) is 0 Å². The Kier molecular flexibility index (Phi) is 0.976. The zero-order valence-corrected chi connectivity index (χ0v) is 4.63. The van der Waals surface area contributed by atoms with E-state index in [-0.39, 0.29) is 0 Å². The molecule has 0 aromatic rings. The van der Waals surface area contributed by atoms with Gasteiger partial charge in [-0.3, -0.25) is 0 Å². The van der Waals surface area contributed by atoms with Crippen LogP contribution in [0.25, 0.3) is 0 Å². The molecule has 0 aromatic heterocycles. The summed E-state index contributed by atoms with van der Waals surface area (Å²) in [6, 6.07) is 0. The number of hydrogen-bond acceptors (Lipinski definition) is 4. The van der Waals surface area contributed by atoms with E-state index in [9.17, 15) is 0 Å². The fraction of sp³-hybridized carbons (Fsp3) is 0.500. The minimum Gasteiger partial charge on any atom is -0.103 e. The Morgan fingerprint density at radius 2 is 2.57 bits per heavy atom. The minimum atomic E-state index is 0.528. The van der Waals surface area contributed by atoms with Gasteiger partial charge in [0, 0.05) is 0 Å². The number of amidine groups is 1. The van der Waals surface area contributed by atoms with E-state index in [1.807, 2.05) is 0 Å². The van der Waals surface area contributed by atoms with Gasteiger partial charge < -0.3 is 0 Å². The third-order valence-electron chi connectivity index (χ3n) is 0.598. The Morgan fingerprint density at radius 1 is 1.86 bits per heavy atom.